The van der Waals surface area contributed by atoms with Gasteiger partial charge in [0.15, 0.2) is 0 Å². The van der Waals surface area contributed by atoms with E-state index in [1.165, 1.54) is 0 Å². The fraction of sp³-hybridized carbons (Fsp3) is 0.278. The lowest BCUT2D eigenvalue weighted by Crippen LogP contribution is -2.24. The number of hydrogen-bond acceptors (Lipinski definition) is 3. The highest BCUT2D eigenvalue weighted by molar-refractivity contribution is 6.30. The van der Waals surface area contributed by atoms with E-state index >= 15 is 0 Å². The van der Waals surface area contributed by atoms with Crippen LogP contribution in [0.5, 0.6) is 5.75 Å². The van der Waals surface area contributed by atoms with Crippen molar-refractivity contribution in [2.45, 2.75) is 13.0 Å². The molecule has 1 unspecified atom stereocenters. The van der Waals surface area contributed by atoms with E-state index in [9.17, 15) is 4.79 Å². The van der Waals surface area contributed by atoms with E-state index in [4.69, 9.17) is 16.3 Å². The summed E-state index contributed by atoms with van der Waals surface area (Å²) < 4.78 is 5.85. The molecule has 1 heterocycles. The van der Waals surface area contributed by atoms with Gasteiger partial charge in [0.1, 0.15) is 12.4 Å². The average Bonchev–Trinajstić information content (AvgIpc) is 3.09. The molecule has 3 rings (SSSR count). The Labute approximate surface area is 140 Å². The van der Waals surface area contributed by atoms with Crippen LogP contribution in [0.1, 0.15) is 12.0 Å². The van der Waals surface area contributed by atoms with Crippen molar-refractivity contribution in [3.8, 4) is 5.75 Å². The topological polar surface area (TPSA) is 50.4 Å². The molecule has 1 atom stereocenters. The normalized spacial score (nSPS) is 17.0. The Morgan fingerprint density at radius 2 is 2.13 bits per heavy atom. The monoisotopic (exact) mass is 330 g/mol. The Bertz CT molecular complexity index is 684. The number of para-hydroxylation sites is 2. The minimum absolute atomic E-state index is 0.0241. The number of ether oxygens (including phenoxy) is 1. The maximum atomic E-state index is 12.3. The third-order valence-electron chi connectivity index (χ3n) is 3.86. The Morgan fingerprint density at radius 3 is 2.91 bits per heavy atom. The fourth-order valence-corrected chi connectivity index (χ4v) is 2.81. The summed E-state index contributed by atoms with van der Waals surface area (Å²) in [5.41, 5.74) is 1.69. The molecule has 1 amide bonds. The molecule has 4 nitrogen and oxygen atoms in total. The van der Waals surface area contributed by atoms with Crippen LogP contribution in [0, 0.1) is 5.92 Å². The molecule has 2 aromatic rings. The highest BCUT2D eigenvalue weighted by Gasteiger charge is 2.23. The van der Waals surface area contributed by atoms with Gasteiger partial charge in [-0.25, -0.2) is 0 Å². The summed E-state index contributed by atoms with van der Waals surface area (Å²) in [4.78, 5) is 12.3. The molecule has 0 aromatic heterocycles. The standard InChI is InChI=1S/C18H19ClN2O2/c19-15-5-3-4-13(10-15)12-23-17-7-2-1-6-16(17)21-18(22)14-8-9-20-11-14/h1-7,10,14,20H,8-9,11-12H2,(H,21,22). The molecule has 0 saturated carbocycles. The van der Waals surface area contributed by atoms with Gasteiger partial charge in [0.2, 0.25) is 5.91 Å². The first-order valence-corrected chi connectivity index (χ1v) is 8.08. The average molecular weight is 331 g/mol. The predicted molar refractivity (Wildman–Crippen MR) is 91.8 cm³/mol. The summed E-state index contributed by atoms with van der Waals surface area (Å²) in [5, 5.41) is 6.85. The zero-order valence-electron chi connectivity index (χ0n) is 12.7. The van der Waals surface area contributed by atoms with Crippen LogP contribution >= 0.6 is 11.6 Å². The van der Waals surface area contributed by atoms with Crippen LogP contribution in [0.4, 0.5) is 5.69 Å². The van der Waals surface area contributed by atoms with Gasteiger partial charge in [-0.05, 0) is 42.8 Å². The summed E-state index contributed by atoms with van der Waals surface area (Å²) in [5.74, 6) is 0.719. The van der Waals surface area contributed by atoms with Gasteiger partial charge in [-0.2, -0.15) is 0 Å². The number of carbonyl (C=O) groups is 1. The van der Waals surface area contributed by atoms with E-state index < -0.39 is 0 Å². The molecular formula is C18H19ClN2O2. The number of rotatable bonds is 5. The number of amides is 1. The fourth-order valence-electron chi connectivity index (χ4n) is 2.60. The number of nitrogens with one attached hydrogen (secondary N) is 2. The number of carbonyl (C=O) groups excluding carboxylic acids is 1. The van der Waals surface area contributed by atoms with Crippen molar-refractivity contribution in [2.75, 3.05) is 18.4 Å². The van der Waals surface area contributed by atoms with Gasteiger partial charge in [-0.3, -0.25) is 4.79 Å². The molecule has 0 bridgehead atoms. The lowest BCUT2D eigenvalue weighted by atomic mass is 10.1. The molecule has 1 aliphatic rings. The van der Waals surface area contributed by atoms with Crippen molar-refractivity contribution in [1.82, 2.24) is 5.32 Å². The smallest absolute Gasteiger partial charge is 0.228 e. The maximum Gasteiger partial charge on any atom is 0.228 e. The molecule has 23 heavy (non-hydrogen) atoms. The molecule has 1 saturated heterocycles. The molecule has 1 aliphatic heterocycles. The number of halogens is 1. The van der Waals surface area contributed by atoms with Crippen molar-refractivity contribution in [1.29, 1.82) is 0 Å². The molecule has 1 fully saturated rings. The third kappa shape index (κ3) is 4.24. The molecule has 0 spiro atoms. The second-order valence-corrected chi connectivity index (χ2v) is 6.03. The van der Waals surface area contributed by atoms with Crippen molar-refractivity contribution < 1.29 is 9.53 Å². The minimum Gasteiger partial charge on any atom is -0.487 e. The third-order valence-corrected chi connectivity index (χ3v) is 4.09. The number of anilines is 1. The van der Waals surface area contributed by atoms with E-state index in [2.05, 4.69) is 10.6 Å². The number of benzene rings is 2. The summed E-state index contributed by atoms with van der Waals surface area (Å²) in [6.45, 7) is 2.03. The molecule has 0 radical (unpaired) electrons. The molecule has 0 aliphatic carbocycles. The lowest BCUT2D eigenvalue weighted by molar-refractivity contribution is -0.119. The largest absolute Gasteiger partial charge is 0.487 e. The Balaban J connectivity index is 1.66. The summed E-state index contributed by atoms with van der Waals surface area (Å²) in [6.07, 6.45) is 0.872. The van der Waals surface area contributed by atoms with Gasteiger partial charge >= 0.3 is 0 Å². The van der Waals surface area contributed by atoms with Crippen LogP contribution < -0.4 is 15.4 Å². The van der Waals surface area contributed by atoms with Gasteiger partial charge in [0.05, 0.1) is 11.6 Å². The predicted octanol–water partition coefficient (Wildman–Crippen LogP) is 3.47. The molecular weight excluding hydrogens is 312 g/mol. The zero-order valence-corrected chi connectivity index (χ0v) is 13.5. The molecule has 5 heteroatoms. The van der Waals surface area contributed by atoms with Crippen molar-refractivity contribution in [2.24, 2.45) is 5.92 Å². The molecule has 120 valence electrons. The first-order chi connectivity index (χ1) is 11.2. The SMILES string of the molecule is O=C(Nc1ccccc1OCc1cccc(Cl)c1)C1CCNC1. The second-order valence-electron chi connectivity index (χ2n) is 5.59. The highest BCUT2D eigenvalue weighted by atomic mass is 35.5. The van der Waals surface area contributed by atoms with Crippen LogP contribution in [0.2, 0.25) is 5.02 Å². The van der Waals surface area contributed by atoms with E-state index in [1.54, 1.807) is 0 Å². The van der Waals surface area contributed by atoms with Gasteiger partial charge < -0.3 is 15.4 Å². The van der Waals surface area contributed by atoms with E-state index in [1.807, 2.05) is 48.5 Å². The van der Waals surface area contributed by atoms with Gasteiger partial charge in [0, 0.05) is 11.6 Å². The molecule has 2 aromatic carbocycles. The van der Waals surface area contributed by atoms with Crippen molar-refractivity contribution in [3.05, 3.63) is 59.1 Å². The highest BCUT2D eigenvalue weighted by Crippen LogP contribution is 2.26. The van der Waals surface area contributed by atoms with E-state index in [0.29, 0.717) is 23.1 Å². The summed E-state index contributed by atoms with van der Waals surface area (Å²) >= 11 is 5.98. The first-order valence-electron chi connectivity index (χ1n) is 7.70. The van der Waals surface area contributed by atoms with E-state index in [-0.39, 0.29) is 11.8 Å². The van der Waals surface area contributed by atoms with Crippen LogP contribution in [0.25, 0.3) is 0 Å². The number of hydrogen-bond donors (Lipinski definition) is 2. The van der Waals surface area contributed by atoms with Crippen LogP contribution in [0.3, 0.4) is 0 Å². The molecule has 2 N–H and O–H groups in total. The lowest BCUT2D eigenvalue weighted by Gasteiger charge is -2.14. The Hall–Kier alpha value is -2.04. The first kappa shape index (κ1) is 15.8. The van der Waals surface area contributed by atoms with Crippen LogP contribution in [0.15, 0.2) is 48.5 Å². The zero-order chi connectivity index (χ0) is 16.1. The minimum atomic E-state index is 0.0241. The summed E-state index contributed by atoms with van der Waals surface area (Å²) in [6, 6.07) is 15.0. The van der Waals surface area contributed by atoms with Crippen molar-refractivity contribution >= 4 is 23.2 Å². The van der Waals surface area contributed by atoms with Gasteiger partial charge in [0.25, 0.3) is 0 Å². The van der Waals surface area contributed by atoms with Gasteiger partial charge in [-0.15, -0.1) is 0 Å². The maximum absolute atomic E-state index is 12.3. The Morgan fingerprint density at radius 1 is 1.26 bits per heavy atom. The van der Waals surface area contributed by atoms with Crippen LogP contribution in [-0.2, 0) is 11.4 Å². The van der Waals surface area contributed by atoms with E-state index in [0.717, 1.165) is 25.1 Å². The summed E-state index contributed by atoms with van der Waals surface area (Å²) in [7, 11) is 0. The van der Waals surface area contributed by atoms with Crippen molar-refractivity contribution in [3.63, 3.8) is 0 Å². The second kappa shape index (κ2) is 7.49. The Kier molecular flexibility index (Phi) is 5.16. The van der Waals surface area contributed by atoms with Crippen LogP contribution in [-0.4, -0.2) is 19.0 Å². The quantitative estimate of drug-likeness (QED) is 0.882. The van der Waals surface area contributed by atoms with Gasteiger partial charge in [-0.1, -0.05) is 35.9 Å².